The first-order valence-electron chi connectivity index (χ1n) is 13.7. The van der Waals surface area contributed by atoms with E-state index in [1.165, 1.54) is 18.4 Å². The molecule has 0 saturated carbocycles. The van der Waals surface area contributed by atoms with Crippen molar-refractivity contribution in [2.24, 2.45) is 5.92 Å². The van der Waals surface area contributed by atoms with Crippen LogP contribution >= 0.6 is 15.9 Å². The smallest absolute Gasteiger partial charge is 0.410 e. The van der Waals surface area contributed by atoms with Crippen LogP contribution in [0, 0.1) is 5.92 Å². The third kappa shape index (κ3) is 7.84. The van der Waals surface area contributed by atoms with E-state index in [4.69, 9.17) is 9.47 Å². The van der Waals surface area contributed by atoms with Gasteiger partial charge < -0.3 is 19.3 Å². The number of halogens is 1. The van der Waals surface area contributed by atoms with E-state index in [0.717, 1.165) is 40.7 Å². The molecule has 40 heavy (non-hydrogen) atoms. The highest BCUT2D eigenvalue weighted by atomic mass is 79.9. The number of carbonyl (C=O) groups excluding carboxylic acids is 2. The van der Waals surface area contributed by atoms with Crippen LogP contribution in [0.2, 0.25) is 0 Å². The largest absolute Gasteiger partial charge is 0.469 e. The number of pyridine rings is 1. The maximum Gasteiger partial charge on any atom is 0.410 e. The summed E-state index contributed by atoms with van der Waals surface area (Å²) < 4.78 is 11.5. The molecule has 1 aromatic carbocycles. The zero-order valence-electron chi connectivity index (χ0n) is 23.7. The van der Waals surface area contributed by atoms with Crippen molar-refractivity contribution in [2.45, 2.75) is 45.6 Å². The fourth-order valence-electron chi connectivity index (χ4n) is 5.08. The predicted molar refractivity (Wildman–Crippen MR) is 161 cm³/mol. The number of nitrogens with zero attached hydrogens (tertiary/aromatic N) is 3. The van der Waals surface area contributed by atoms with Gasteiger partial charge in [0.05, 0.1) is 7.11 Å². The van der Waals surface area contributed by atoms with E-state index in [1.54, 1.807) is 11.1 Å². The average molecular weight is 609 g/mol. The second-order valence-electron chi connectivity index (χ2n) is 11.0. The van der Waals surface area contributed by atoms with Crippen LogP contribution in [0.4, 0.5) is 4.79 Å². The summed E-state index contributed by atoms with van der Waals surface area (Å²) in [5, 5.41) is 0. The minimum atomic E-state index is -0.497. The first-order chi connectivity index (χ1) is 19.1. The van der Waals surface area contributed by atoms with Gasteiger partial charge in [-0.1, -0.05) is 46.3 Å². The molecule has 2 aliphatic rings. The Labute approximate surface area is 245 Å². The summed E-state index contributed by atoms with van der Waals surface area (Å²) in [5.74, 6) is -0.107. The van der Waals surface area contributed by atoms with Gasteiger partial charge in [-0.25, -0.2) is 4.79 Å². The zero-order chi connectivity index (χ0) is 28.7. The molecule has 1 aromatic heterocycles. The van der Waals surface area contributed by atoms with Crippen LogP contribution in [-0.4, -0.2) is 65.7 Å². The van der Waals surface area contributed by atoms with Crippen molar-refractivity contribution in [3.63, 3.8) is 0 Å². The monoisotopic (exact) mass is 607 g/mol. The van der Waals surface area contributed by atoms with Gasteiger partial charge in [-0.15, -0.1) is 0 Å². The lowest BCUT2D eigenvalue weighted by Gasteiger charge is -2.38. The molecule has 8 heteroatoms. The average Bonchev–Trinajstić information content (AvgIpc) is 2.95. The van der Waals surface area contributed by atoms with E-state index in [-0.39, 0.29) is 18.0 Å². The molecular formula is C32H38BrN3O4. The molecule has 0 radical (unpaired) electrons. The van der Waals surface area contributed by atoms with Gasteiger partial charge in [0.2, 0.25) is 0 Å². The molecule has 1 unspecified atom stereocenters. The van der Waals surface area contributed by atoms with Crippen LogP contribution < -0.4 is 0 Å². The van der Waals surface area contributed by atoms with E-state index in [2.05, 4.69) is 74.4 Å². The lowest BCUT2D eigenvalue weighted by Crippen LogP contribution is -2.49. The number of carbonyl (C=O) groups is 2. The molecule has 1 atom stereocenters. The topological polar surface area (TPSA) is 72.0 Å². The van der Waals surface area contributed by atoms with Gasteiger partial charge in [0.25, 0.3) is 0 Å². The quantitative estimate of drug-likeness (QED) is 0.325. The zero-order valence-corrected chi connectivity index (χ0v) is 25.3. The molecular weight excluding hydrogens is 570 g/mol. The van der Waals surface area contributed by atoms with Gasteiger partial charge in [-0.2, -0.15) is 0 Å². The summed E-state index contributed by atoms with van der Waals surface area (Å²) >= 11 is 3.56. The Bertz CT molecular complexity index is 1270. The number of ether oxygens (including phenoxy) is 2. The molecule has 1 aliphatic carbocycles. The van der Waals surface area contributed by atoms with Crippen molar-refractivity contribution >= 4 is 39.1 Å². The van der Waals surface area contributed by atoms with E-state index >= 15 is 0 Å². The van der Waals surface area contributed by atoms with Crippen molar-refractivity contribution in [2.75, 3.05) is 33.3 Å². The summed E-state index contributed by atoms with van der Waals surface area (Å²) in [6.07, 6.45) is 11.8. The van der Waals surface area contributed by atoms with E-state index in [0.29, 0.717) is 25.9 Å². The molecule has 0 bridgehead atoms. The number of rotatable bonds is 7. The van der Waals surface area contributed by atoms with Gasteiger partial charge in [-0.3, -0.25) is 9.78 Å². The van der Waals surface area contributed by atoms with Gasteiger partial charge >= 0.3 is 12.1 Å². The summed E-state index contributed by atoms with van der Waals surface area (Å²) in [6, 6.07) is 12.3. The molecule has 1 fully saturated rings. The fraction of sp³-hybridized carbons (Fsp3) is 0.406. The standard InChI is InChI=1S/C32H38BrN3O4/c1-32(2,3)40-31(38)36-20-18-35(19-21-36)27-13-9-24(10-14-27)30(23-7-11-26(33)12-8-23)28(15-16-29(37)39-4)25-6-5-17-34-22-25/h5-9,11-14,17,22,24H,10,15-16,18-21H2,1-4H3/b30-28-. The molecule has 1 saturated heterocycles. The van der Waals surface area contributed by atoms with Crippen molar-refractivity contribution < 1.29 is 19.1 Å². The van der Waals surface area contributed by atoms with E-state index in [1.807, 2.05) is 33.0 Å². The molecule has 7 nitrogen and oxygen atoms in total. The van der Waals surface area contributed by atoms with Crippen molar-refractivity contribution in [1.29, 1.82) is 0 Å². The van der Waals surface area contributed by atoms with E-state index in [9.17, 15) is 9.59 Å². The fourth-order valence-corrected chi connectivity index (χ4v) is 5.34. The third-order valence-corrected chi connectivity index (χ3v) is 7.57. The maximum absolute atomic E-state index is 12.5. The second-order valence-corrected chi connectivity index (χ2v) is 11.9. The third-order valence-electron chi connectivity index (χ3n) is 7.04. The van der Waals surface area contributed by atoms with Crippen LogP contribution in [0.5, 0.6) is 0 Å². The highest BCUT2D eigenvalue weighted by Crippen LogP contribution is 2.39. The van der Waals surface area contributed by atoms with Gasteiger partial charge in [-0.05, 0) is 80.2 Å². The second kappa shape index (κ2) is 13.3. The minimum Gasteiger partial charge on any atom is -0.469 e. The van der Waals surface area contributed by atoms with Crippen molar-refractivity contribution in [3.05, 3.63) is 88.3 Å². The summed E-state index contributed by atoms with van der Waals surface area (Å²) in [5.41, 5.74) is 5.08. The summed E-state index contributed by atoms with van der Waals surface area (Å²) in [4.78, 5) is 33.1. The molecule has 2 heterocycles. The Morgan fingerprint density at radius 1 is 1.02 bits per heavy atom. The molecule has 0 spiro atoms. The van der Waals surface area contributed by atoms with Crippen LogP contribution in [0.1, 0.15) is 51.2 Å². The van der Waals surface area contributed by atoms with Crippen LogP contribution in [0.3, 0.4) is 0 Å². The highest BCUT2D eigenvalue weighted by molar-refractivity contribution is 9.10. The Balaban J connectivity index is 1.57. The number of methoxy groups -OCH3 is 1. The summed E-state index contributed by atoms with van der Waals surface area (Å²) in [6.45, 7) is 8.45. The molecule has 4 rings (SSSR count). The predicted octanol–water partition coefficient (Wildman–Crippen LogP) is 6.72. The number of piperazine rings is 1. The number of amides is 1. The first-order valence-corrected chi connectivity index (χ1v) is 14.5. The van der Waals surface area contributed by atoms with Crippen LogP contribution in [-0.2, 0) is 14.3 Å². The SMILES string of the molecule is COC(=O)CC/C(=C(\c1ccc(Br)cc1)C1C=CC(N2CCN(C(=O)OC(C)(C)C)CC2)=CC1)c1cccnc1. The first kappa shape index (κ1) is 29.6. The number of hydrogen-bond acceptors (Lipinski definition) is 6. The van der Waals surface area contributed by atoms with Gasteiger partial charge in [0.1, 0.15) is 5.60 Å². The molecule has 0 N–H and O–H groups in total. The van der Waals surface area contributed by atoms with Gasteiger partial charge in [0.15, 0.2) is 0 Å². The molecule has 2 aromatic rings. The Morgan fingerprint density at radius 3 is 2.33 bits per heavy atom. The normalized spacial score (nSPS) is 18.1. The van der Waals surface area contributed by atoms with Crippen molar-refractivity contribution in [1.82, 2.24) is 14.8 Å². The lowest BCUT2D eigenvalue weighted by atomic mass is 9.81. The maximum atomic E-state index is 12.5. The van der Waals surface area contributed by atoms with Crippen LogP contribution in [0.25, 0.3) is 11.1 Å². The highest BCUT2D eigenvalue weighted by Gasteiger charge is 2.28. The van der Waals surface area contributed by atoms with Crippen LogP contribution in [0.15, 0.2) is 77.2 Å². The van der Waals surface area contributed by atoms with Gasteiger partial charge in [0, 0.05) is 61.1 Å². The molecule has 1 amide bonds. The number of esters is 1. The Hall–Kier alpha value is -3.39. The molecule has 212 valence electrons. The number of hydrogen-bond donors (Lipinski definition) is 0. The number of benzene rings is 1. The van der Waals surface area contributed by atoms with E-state index < -0.39 is 5.60 Å². The number of allylic oxidation sites excluding steroid dienone is 5. The lowest BCUT2D eigenvalue weighted by molar-refractivity contribution is -0.140. The minimum absolute atomic E-state index is 0.126. The Morgan fingerprint density at radius 2 is 1.75 bits per heavy atom. The Kier molecular flexibility index (Phi) is 9.85. The number of aromatic nitrogens is 1. The van der Waals surface area contributed by atoms with Crippen molar-refractivity contribution in [3.8, 4) is 0 Å². The summed E-state index contributed by atoms with van der Waals surface area (Å²) in [7, 11) is 1.43. The molecule has 1 aliphatic heterocycles.